The molecule has 0 aliphatic rings. The first-order valence-electron chi connectivity index (χ1n) is 5.51. The van der Waals surface area contributed by atoms with Crippen molar-refractivity contribution in [1.82, 2.24) is 0 Å². The van der Waals surface area contributed by atoms with Gasteiger partial charge in [-0.3, -0.25) is 4.79 Å². The topological polar surface area (TPSA) is 46.5 Å². The third kappa shape index (κ3) is 2.99. The Hall–Kier alpha value is -1.51. The van der Waals surface area contributed by atoms with Gasteiger partial charge < -0.3 is 9.84 Å². The molecule has 1 rings (SSSR count). The van der Waals surface area contributed by atoms with Crippen LogP contribution in [-0.4, -0.2) is 17.7 Å². The van der Waals surface area contributed by atoms with Gasteiger partial charge in [0, 0.05) is 0 Å². The zero-order valence-electron chi connectivity index (χ0n) is 9.93. The molecule has 0 saturated carbocycles. The molecule has 0 fully saturated rings. The third-order valence-electron chi connectivity index (χ3n) is 2.83. The average Bonchev–Trinajstić information content (AvgIpc) is 2.28. The summed E-state index contributed by atoms with van der Waals surface area (Å²) in [6.45, 7) is 6.19. The second-order valence-electron chi connectivity index (χ2n) is 3.92. The second kappa shape index (κ2) is 5.54. The van der Waals surface area contributed by atoms with Crippen molar-refractivity contribution in [1.29, 1.82) is 0 Å². The Bertz CT molecular complexity index is 360. The van der Waals surface area contributed by atoms with E-state index < -0.39 is 11.9 Å². The van der Waals surface area contributed by atoms with Crippen LogP contribution in [0.15, 0.2) is 24.3 Å². The van der Waals surface area contributed by atoms with Gasteiger partial charge in [0.25, 0.3) is 0 Å². The summed E-state index contributed by atoms with van der Waals surface area (Å²) in [6.07, 6.45) is 0. The minimum absolute atomic E-state index is 0.0158. The van der Waals surface area contributed by atoms with Crippen molar-refractivity contribution < 1.29 is 14.6 Å². The molecule has 1 aromatic rings. The molecule has 88 valence electrons. The van der Waals surface area contributed by atoms with Crippen molar-refractivity contribution >= 4 is 5.97 Å². The summed E-state index contributed by atoms with van der Waals surface area (Å²) in [7, 11) is 0. The molecule has 3 nitrogen and oxygen atoms in total. The number of carbonyl (C=O) groups is 1. The summed E-state index contributed by atoms with van der Waals surface area (Å²) in [5, 5.41) is 8.96. The van der Waals surface area contributed by atoms with Gasteiger partial charge in [0.2, 0.25) is 0 Å². The average molecular weight is 222 g/mol. The monoisotopic (exact) mass is 222 g/mol. The van der Waals surface area contributed by atoms with Crippen LogP contribution >= 0.6 is 0 Å². The Labute approximate surface area is 96.1 Å². The molecule has 3 heteroatoms. The fourth-order valence-corrected chi connectivity index (χ4v) is 1.56. The Morgan fingerprint density at radius 2 is 2.12 bits per heavy atom. The van der Waals surface area contributed by atoms with Crippen molar-refractivity contribution in [2.75, 3.05) is 6.61 Å². The van der Waals surface area contributed by atoms with Gasteiger partial charge in [-0.05, 0) is 30.5 Å². The van der Waals surface area contributed by atoms with E-state index in [-0.39, 0.29) is 5.92 Å². The Morgan fingerprint density at radius 3 is 2.69 bits per heavy atom. The van der Waals surface area contributed by atoms with Gasteiger partial charge in [0.1, 0.15) is 5.75 Å². The molecule has 0 radical (unpaired) electrons. The second-order valence-corrected chi connectivity index (χ2v) is 3.92. The molecule has 0 aromatic heterocycles. The maximum Gasteiger partial charge on any atom is 0.306 e. The summed E-state index contributed by atoms with van der Waals surface area (Å²) in [6, 6.07) is 7.62. The van der Waals surface area contributed by atoms with Gasteiger partial charge in [-0.25, -0.2) is 0 Å². The highest BCUT2D eigenvalue weighted by molar-refractivity contribution is 5.70. The molecular formula is C13H18O3. The molecule has 0 aliphatic carbocycles. The molecule has 0 saturated heterocycles. The Morgan fingerprint density at radius 1 is 1.44 bits per heavy atom. The first kappa shape index (κ1) is 12.6. The standard InChI is InChI=1S/C13H18O3/c1-4-16-12-7-5-6-11(8-12)9(2)10(3)13(14)15/h5-10H,4H2,1-3H3,(H,14,15). The van der Waals surface area contributed by atoms with Gasteiger partial charge in [0.05, 0.1) is 12.5 Å². The van der Waals surface area contributed by atoms with E-state index in [0.717, 1.165) is 11.3 Å². The van der Waals surface area contributed by atoms with Crippen molar-refractivity contribution in [3.63, 3.8) is 0 Å². The lowest BCUT2D eigenvalue weighted by atomic mass is 9.89. The Balaban J connectivity index is 2.86. The maximum atomic E-state index is 10.9. The summed E-state index contributed by atoms with van der Waals surface area (Å²) < 4.78 is 5.39. The lowest BCUT2D eigenvalue weighted by molar-refractivity contribution is -0.141. The minimum Gasteiger partial charge on any atom is -0.494 e. The van der Waals surface area contributed by atoms with Gasteiger partial charge in [-0.1, -0.05) is 26.0 Å². The van der Waals surface area contributed by atoms with Gasteiger partial charge in [-0.15, -0.1) is 0 Å². The summed E-state index contributed by atoms with van der Waals surface area (Å²) in [5.41, 5.74) is 1.00. The van der Waals surface area contributed by atoms with Gasteiger partial charge >= 0.3 is 5.97 Å². The van der Waals surface area contributed by atoms with E-state index in [1.54, 1.807) is 6.92 Å². The van der Waals surface area contributed by atoms with E-state index in [2.05, 4.69) is 0 Å². The fourth-order valence-electron chi connectivity index (χ4n) is 1.56. The zero-order chi connectivity index (χ0) is 12.1. The third-order valence-corrected chi connectivity index (χ3v) is 2.83. The first-order chi connectivity index (χ1) is 7.56. The summed E-state index contributed by atoms with van der Waals surface area (Å²) >= 11 is 0. The van der Waals surface area contributed by atoms with E-state index >= 15 is 0 Å². The molecule has 2 unspecified atom stereocenters. The summed E-state index contributed by atoms with van der Waals surface area (Å²) in [5.74, 6) is -0.381. The van der Waals surface area contributed by atoms with E-state index in [9.17, 15) is 4.79 Å². The number of carboxylic acids is 1. The maximum absolute atomic E-state index is 10.9. The van der Waals surface area contributed by atoms with Crippen LogP contribution in [0.5, 0.6) is 5.75 Å². The summed E-state index contributed by atoms with van der Waals surface area (Å²) in [4.78, 5) is 10.9. The van der Waals surface area contributed by atoms with Crippen molar-refractivity contribution in [2.24, 2.45) is 5.92 Å². The van der Waals surface area contributed by atoms with E-state index in [4.69, 9.17) is 9.84 Å². The van der Waals surface area contributed by atoms with Crippen LogP contribution in [0.2, 0.25) is 0 Å². The molecule has 16 heavy (non-hydrogen) atoms. The van der Waals surface area contributed by atoms with Crippen LogP contribution in [0.3, 0.4) is 0 Å². The molecular weight excluding hydrogens is 204 g/mol. The molecule has 0 aliphatic heterocycles. The SMILES string of the molecule is CCOc1cccc(C(C)C(C)C(=O)O)c1. The van der Waals surface area contributed by atoms with Crippen molar-refractivity contribution in [3.8, 4) is 5.75 Å². The van der Waals surface area contributed by atoms with Crippen molar-refractivity contribution in [2.45, 2.75) is 26.7 Å². The van der Waals surface area contributed by atoms with Crippen LogP contribution in [0.25, 0.3) is 0 Å². The lowest BCUT2D eigenvalue weighted by Crippen LogP contribution is -2.16. The minimum atomic E-state index is -0.769. The van der Waals surface area contributed by atoms with Crippen LogP contribution in [0.4, 0.5) is 0 Å². The van der Waals surface area contributed by atoms with Gasteiger partial charge in [0.15, 0.2) is 0 Å². The predicted molar refractivity (Wildman–Crippen MR) is 62.8 cm³/mol. The van der Waals surface area contributed by atoms with E-state index in [1.165, 1.54) is 0 Å². The number of ether oxygens (including phenoxy) is 1. The smallest absolute Gasteiger partial charge is 0.306 e. The van der Waals surface area contributed by atoms with Crippen LogP contribution in [0.1, 0.15) is 32.3 Å². The quantitative estimate of drug-likeness (QED) is 0.833. The number of hydrogen-bond acceptors (Lipinski definition) is 2. The first-order valence-corrected chi connectivity index (χ1v) is 5.51. The Kier molecular flexibility index (Phi) is 4.35. The highest BCUT2D eigenvalue weighted by Gasteiger charge is 2.20. The fraction of sp³-hybridized carbons (Fsp3) is 0.462. The molecule has 0 amide bonds. The molecule has 0 heterocycles. The zero-order valence-corrected chi connectivity index (χ0v) is 9.93. The van der Waals surface area contributed by atoms with Crippen molar-refractivity contribution in [3.05, 3.63) is 29.8 Å². The predicted octanol–water partition coefficient (Wildman–Crippen LogP) is 2.91. The van der Waals surface area contributed by atoms with E-state index in [1.807, 2.05) is 38.1 Å². The number of hydrogen-bond donors (Lipinski definition) is 1. The van der Waals surface area contributed by atoms with Crippen LogP contribution in [0, 0.1) is 5.92 Å². The molecule has 0 spiro atoms. The van der Waals surface area contributed by atoms with Crippen LogP contribution in [-0.2, 0) is 4.79 Å². The highest BCUT2D eigenvalue weighted by atomic mass is 16.5. The normalized spacial score (nSPS) is 14.2. The van der Waals surface area contributed by atoms with Crippen LogP contribution < -0.4 is 4.74 Å². The number of carboxylic acid groups (broad SMARTS) is 1. The largest absolute Gasteiger partial charge is 0.494 e. The lowest BCUT2D eigenvalue weighted by Gasteiger charge is -2.17. The molecule has 1 aromatic carbocycles. The molecule has 2 atom stereocenters. The number of aliphatic carboxylic acids is 1. The molecule has 0 bridgehead atoms. The molecule has 1 N–H and O–H groups in total. The number of benzene rings is 1. The highest BCUT2D eigenvalue weighted by Crippen LogP contribution is 2.27. The number of rotatable bonds is 5. The van der Waals surface area contributed by atoms with E-state index in [0.29, 0.717) is 6.61 Å². The van der Waals surface area contributed by atoms with Gasteiger partial charge in [-0.2, -0.15) is 0 Å².